The zero-order valence-corrected chi connectivity index (χ0v) is 11.1. The van der Waals surface area contributed by atoms with E-state index >= 15 is 0 Å². The van der Waals surface area contributed by atoms with E-state index in [1.54, 1.807) is 0 Å². The molecule has 4 atom stereocenters. The van der Waals surface area contributed by atoms with Crippen LogP contribution in [0.5, 0.6) is 0 Å². The molecule has 2 rings (SSSR count). The summed E-state index contributed by atoms with van der Waals surface area (Å²) in [5, 5.41) is 32.1. The first-order valence-electron chi connectivity index (χ1n) is 6.29. The van der Waals surface area contributed by atoms with E-state index in [1.165, 1.54) is 6.08 Å². The van der Waals surface area contributed by atoms with Gasteiger partial charge in [-0.15, -0.1) is 6.58 Å². The van der Waals surface area contributed by atoms with Gasteiger partial charge in [-0.3, -0.25) is 19.7 Å². The summed E-state index contributed by atoms with van der Waals surface area (Å²) in [4.78, 5) is 25.1. The van der Waals surface area contributed by atoms with Crippen molar-refractivity contribution in [2.75, 3.05) is 13.2 Å². The fourth-order valence-corrected chi connectivity index (χ4v) is 2.28. The van der Waals surface area contributed by atoms with Crippen LogP contribution in [0.25, 0.3) is 0 Å². The smallest absolute Gasteiger partial charge is 0.331 e. The number of hydrogen-bond acceptors (Lipinski definition) is 7. The van der Waals surface area contributed by atoms with Gasteiger partial charge in [0, 0.05) is 18.8 Å². The highest BCUT2D eigenvalue weighted by molar-refractivity contribution is 5.01. The number of rotatable bonds is 5. The van der Waals surface area contributed by atoms with Crippen LogP contribution in [-0.2, 0) is 10.6 Å². The van der Waals surface area contributed by atoms with Crippen LogP contribution in [-0.4, -0.2) is 56.3 Å². The predicted octanol–water partition coefficient (Wildman–Crippen LogP) is -2.96. The van der Waals surface area contributed by atoms with E-state index in [-0.39, 0.29) is 6.54 Å². The number of H-pyrrole nitrogens is 1. The molecule has 9 heteroatoms. The third-order valence-corrected chi connectivity index (χ3v) is 3.30. The van der Waals surface area contributed by atoms with Crippen LogP contribution in [0, 0.1) is 0 Å². The Morgan fingerprint density at radius 1 is 1.52 bits per heavy atom. The lowest BCUT2D eigenvalue weighted by Crippen LogP contribution is -2.60. The Morgan fingerprint density at radius 2 is 2.24 bits per heavy atom. The van der Waals surface area contributed by atoms with Gasteiger partial charge in [0.15, 0.2) is 0 Å². The van der Waals surface area contributed by atoms with Crippen LogP contribution in [0.4, 0.5) is 0 Å². The summed E-state index contributed by atoms with van der Waals surface area (Å²) in [5.41, 5.74) is -1.44. The van der Waals surface area contributed by atoms with Gasteiger partial charge in [0.05, 0.1) is 6.61 Å². The normalized spacial score (nSPS) is 32.2. The van der Waals surface area contributed by atoms with Gasteiger partial charge in [-0.25, -0.2) is 4.79 Å². The van der Waals surface area contributed by atoms with E-state index in [2.05, 4.69) is 11.9 Å². The van der Waals surface area contributed by atoms with Crippen molar-refractivity contribution in [2.45, 2.75) is 24.2 Å². The molecule has 0 radical (unpaired) electrons. The van der Waals surface area contributed by atoms with Crippen molar-refractivity contribution in [3.63, 3.8) is 0 Å². The molecule has 9 nitrogen and oxygen atoms in total. The summed E-state index contributed by atoms with van der Waals surface area (Å²) in [6, 6.07) is 1.08. The Morgan fingerprint density at radius 3 is 2.76 bits per heavy atom. The van der Waals surface area contributed by atoms with Crippen molar-refractivity contribution >= 4 is 0 Å². The standard InChI is InChI=1S/C12H17N3O6/c1-2-4-13-12(10(19)9(18)7(6-16)21-12)15-5-3-8(17)14-11(15)20/h2-3,5,7,9-10,13,16,18-19H,1,4,6H2,(H,14,17,20)/t7-,9-,10-,12+/m1/s1. The monoisotopic (exact) mass is 299 g/mol. The molecule has 116 valence electrons. The molecule has 0 saturated carbocycles. The Balaban J connectivity index is 2.54. The number of hydrogen-bond donors (Lipinski definition) is 5. The van der Waals surface area contributed by atoms with E-state index in [9.17, 15) is 24.9 Å². The molecule has 1 saturated heterocycles. The maximum absolute atomic E-state index is 11.9. The van der Waals surface area contributed by atoms with Gasteiger partial charge in [-0.05, 0) is 0 Å². The highest BCUT2D eigenvalue weighted by Gasteiger charge is 2.55. The van der Waals surface area contributed by atoms with E-state index in [0.717, 1.165) is 16.8 Å². The molecule has 1 aromatic heterocycles. The van der Waals surface area contributed by atoms with Crippen LogP contribution in [0.3, 0.4) is 0 Å². The van der Waals surface area contributed by atoms with Crippen LogP contribution in [0.1, 0.15) is 0 Å². The van der Waals surface area contributed by atoms with Gasteiger partial charge in [0.2, 0.25) is 5.85 Å². The van der Waals surface area contributed by atoms with Crippen LogP contribution >= 0.6 is 0 Å². The zero-order valence-electron chi connectivity index (χ0n) is 11.1. The van der Waals surface area contributed by atoms with Gasteiger partial charge in [0.25, 0.3) is 5.56 Å². The van der Waals surface area contributed by atoms with Crippen molar-refractivity contribution in [1.82, 2.24) is 14.9 Å². The van der Waals surface area contributed by atoms with E-state index in [0.29, 0.717) is 0 Å². The first-order chi connectivity index (χ1) is 9.96. The molecular weight excluding hydrogens is 282 g/mol. The van der Waals surface area contributed by atoms with Crippen LogP contribution in [0.15, 0.2) is 34.5 Å². The first kappa shape index (κ1) is 15.6. The lowest BCUT2D eigenvalue weighted by Gasteiger charge is -2.34. The van der Waals surface area contributed by atoms with Gasteiger partial charge in [0.1, 0.15) is 18.3 Å². The summed E-state index contributed by atoms with van der Waals surface area (Å²) in [5.74, 6) is -1.82. The van der Waals surface area contributed by atoms with Gasteiger partial charge < -0.3 is 20.1 Å². The average Bonchev–Trinajstić information content (AvgIpc) is 2.70. The second-order valence-corrected chi connectivity index (χ2v) is 4.62. The molecule has 0 aromatic carbocycles. The molecule has 1 aliphatic rings. The van der Waals surface area contributed by atoms with Gasteiger partial charge in [-0.1, -0.05) is 6.08 Å². The minimum atomic E-state index is -1.82. The first-order valence-corrected chi connectivity index (χ1v) is 6.29. The number of aromatic amines is 1. The molecule has 0 amide bonds. The largest absolute Gasteiger partial charge is 0.394 e. The zero-order chi connectivity index (χ0) is 15.6. The maximum atomic E-state index is 11.9. The summed E-state index contributed by atoms with van der Waals surface area (Å²) in [6.07, 6.45) is -1.44. The fourth-order valence-electron chi connectivity index (χ4n) is 2.28. The number of nitrogens with zero attached hydrogens (tertiary/aromatic N) is 1. The Hall–Kier alpha value is -1.78. The highest BCUT2D eigenvalue weighted by atomic mass is 16.6. The van der Waals surface area contributed by atoms with E-state index < -0.39 is 42.0 Å². The molecule has 1 fully saturated rings. The van der Waals surface area contributed by atoms with Gasteiger partial charge in [-0.2, -0.15) is 0 Å². The average molecular weight is 299 g/mol. The molecule has 21 heavy (non-hydrogen) atoms. The Kier molecular flexibility index (Phi) is 4.40. The summed E-state index contributed by atoms with van der Waals surface area (Å²) >= 11 is 0. The molecular formula is C12H17N3O6. The minimum absolute atomic E-state index is 0.146. The van der Waals surface area contributed by atoms with E-state index in [1.807, 2.05) is 4.98 Å². The molecule has 1 aromatic rings. The number of aliphatic hydroxyl groups excluding tert-OH is 3. The quantitative estimate of drug-likeness (QED) is 0.366. The lowest BCUT2D eigenvalue weighted by atomic mass is 10.1. The highest BCUT2D eigenvalue weighted by Crippen LogP contribution is 2.32. The van der Waals surface area contributed by atoms with Gasteiger partial charge >= 0.3 is 5.69 Å². The fraction of sp³-hybridized carbons (Fsp3) is 0.500. The van der Waals surface area contributed by atoms with Crippen molar-refractivity contribution in [2.24, 2.45) is 0 Å². The third-order valence-electron chi connectivity index (χ3n) is 3.30. The number of aliphatic hydroxyl groups is 3. The van der Waals surface area contributed by atoms with Crippen molar-refractivity contribution in [3.8, 4) is 0 Å². The third kappa shape index (κ3) is 2.57. The summed E-state index contributed by atoms with van der Waals surface area (Å²) < 4.78 is 6.38. The lowest BCUT2D eigenvalue weighted by molar-refractivity contribution is -0.171. The molecule has 1 aliphatic heterocycles. The Bertz CT molecular complexity index is 626. The molecule has 2 heterocycles. The van der Waals surface area contributed by atoms with Crippen molar-refractivity contribution in [1.29, 1.82) is 0 Å². The molecule has 0 unspecified atom stereocenters. The van der Waals surface area contributed by atoms with Crippen molar-refractivity contribution < 1.29 is 20.1 Å². The predicted molar refractivity (Wildman–Crippen MR) is 71.5 cm³/mol. The van der Waals surface area contributed by atoms with Crippen LogP contribution in [0.2, 0.25) is 0 Å². The molecule has 0 spiro atoms. The topological polar surface area (TPSA) is 137 Å². The SMILES string of the molecule is C=CCN[C@@]1(n2ccc(=O)[nH]c2=O)O[C@H](CO)[C@@H](O)[C@H]1O. The summed E-state index contributed by atoms with van der Waals surface area (Å²) in [6.45, 7) is 3.11. The minimum Gasteiger partial charge on any atom is -0.394 e. The Labute approximate surface area is 119 Å². The number of aromatic nitrogens is 2. The molecule has 0 aliphatic carbocycles. The number of nitrogens with one attached hydrogen (secondary N) is 2. The summed E-state index contributed by atoms with van der Waals surface area (Å²) in [7, 11) is 0. The van der Waals surface area contributed by atoms with E-state index in [4.69, 9.17) is 4.74 Å². The van der Waals surface area contributed by atoms with Crippen molar-refractivity contribution in [3.05, 3.63) is 45.8 Å². The van der Waals surface area contributed by atoms with Crippen LogP contribution < -0.4 is 16.6 Å². The molecule has 0 bridgehead atoms. The molecule has 5 N–H and O–H groups in total. The second-order valence-electron chi connectivity index (χ2n) is 4.62. The number of ether oxygens (including phenoxy) is 1. The second kappa shape index (κ2) is 5.92. The maximum Gasteiger partial charge on any atom is 0.331 e.